The van der Waals surface area contributed by atoms with E-state index in [-0.39, 0.29) is 57.5 Å². The molecular weight excluding hydrogens is 570 g/mol. The molecule has 2 unspecified atom stereocenters. The zero-order valence-electron chi connectivity index (χ0n) is 25.2. The van der Waals surface area contributed by atoms with Crippen molar-refractivity contribution in [2.45, 2.75) is 25.4 Å². The van der Waals surface area contributed by atoms with Crippen molar-refractivity contribution in [2.75, 3.05) is 60.0 Å². The molecule has 14 heteroatoms. The van der Waals surface area contributed by atoms with Gasteiger partial charge in [0.25, 0.3) is 0 Å². The molecule has 14 nitrogen and oxygen atoms in total. The standard InChI is InChI=1S/C30H41N7O7/c1-18(38)15-34-29(41)23-13-19-4-6-24(43-10-8-31)21(12-19)22-14-20(5-7-25(22)44-11-9-32)28(37(3)27(40)17-33-2)30(42)35-16-26(39)36-23/h4-7,12,14,23,28,33H,8-11,13,15-17,31-32H2,1-3H3,(H,34,41)(H,35,42)(H,36,39). The summed E-state index contributed by atoms with van der Waals surface area (Å²) in [4.78, 5) is 65.4. The van der Waals surface area contributed by atoms with Crippen LogP contribution in [0.25, 0.3) is 11.1 Å². The Labute approximate surface area is 256 Å². The van der Waals surface area contributed by atoms with E-state index in [9.17, 15) is 24.0 Å². The number of rotatable bonds is 12. The number of likely N-dealkylation sites (N-methyl/N-ethyl adjacent to an activating group) is 2. The van der Waals surface area contributed by atoms with Gasteiger partial charge in [0.1, 0.15) is 42.6 Å². The molecule has 0 saturated carbocycles. The monoisotopic (exact) mass is 611 g/mol. The van der Waals surface area contributed by atoms with Crippen LogP contribution in [0, 0.1) is 0 Å². The van der Waals surface area contributed by atoms with Crippen molar-refractivity contribution in [1.29, 1.82) is 0 Å². The van der Waals surface area contributed by atoms with Gasteiger partial charge in [-0.05, 0) is 49.4 Å². The van der Waals surface area contributed by atoms with Gasteiger partial charge in [-0.15, -0.1) is 0 Å². The number of benzene rings is 2. The molecule has 4 bridgehead atoms. The summed E-state index contributed by atoms with van der Waals surface area (Å²) in [5.41, 5.74) is 13.7. The summed E-state index contributed by atoms with van der Waals surface area (Å²) in [6, 6.07) is 8.19. The highest BCUT2D eigenvalue weighted by atomic mass is 16.5. The zero-order chi connectivity index (χ0) is 32.2. The molecule has 238 valence electrons. The van der Waals surface area contributed by atoms with Gasteiger partial charge in [-0.25, -0.2) is 0 Å². The number of nitrogens with two attached hydrogens (primary N) is 2. The molecule has 0 aromatic heterocycles. The number of amides is 4. The summed E-state index contributed by atoms with van der Waals surface area (Å²) in [5.74, 6) is -1.51. The molecule has 1 aliphatic heterocycles. The first-order valence-corrected chi connectivity index (χ1v) is 14.3. The van der Waals surface area contributed by atoms with Crippen LogP contribution >= 0.6 is 0 Å². The third kappa shape index (κ3) is 8.99. The maximum atomic E-state index is 13.6. The largest absolute Gasteiger partial charge is 0.492 e. The first kappa shape index (κ1) is 34.0. The van der Waals surface area contributed by atoms with E-state index in [2.05, 4.69) is 21.3 Å². The van der Waals surface area contributed by atoms with Gasteiger partial charge in [-0.2, -0.15) is 0 Å². The number of carbonyl (C=O) groups is 5. The summed E-state index contributed by atoms with van der Waals surface area (Å²) in [6.07, 6.45) is 0.0656. The number of hydrogen-bond donors (Lipinski definition) is 6. The lowest BCUT2D eigenvalue weighted by molar-refractivity contribution is -0.139. The van der Waals surface area contributed by atoms with Crippen molar-refractivity contribution < 1.29 is 33.4 Å². The second-order valence-corrected chi connectivity index (χ2v) is 10.3. The Bertz CT molecular complexity index is 1370. The predicted octanol–water partition coefficient (Wildman–Crippen LogP) is -1.39. The highest BCUT2D eigenvalue weighted by Crippen LogP contribution is 2.40. The smallest absolute Gasteiger partial charge is 0.247 e. The van der Waals surface area contributed by atoms with E-state index in [0.717, 1.165) is 0 Å². The molecule has 0 saturated heterocycles. The average molecular weight is 612 g/mol. The lowest BCUT2D eigenvalue weighted by Gasteiger charge is -2.29. The SMILES string of the molecule is CNCC(=O)N(C)C1C(=O)NCC(=O)NC(C(=O)NCC(C)=O)Cc2ccc(OCCN)c(c2)-c2cc1ccc2OCCN. The third-order valence-electron chi connectivity index (χ3n) is 6.79. The van der Waals surface area contributed by atoms with Crippen molar-refractivity contribution in [3.05, 3.63) is 47.5 Å². The molecule has 2 aromatic carbocycles. The van der Waals surface area contributed by atoms with Gasteiger partial charge in [-0.1, -0.05) is 12.1 Å². The quantitative estimate of drug-likeness (QED) is 0.166. The molecule has 0 radical (unpaired) electrons. The van der Waals surface area contributed by atoms with Crippen molar-refractivity contribution in [1.82, 2.24) is 26.2 Å². The van der Waals surface area contributed by atoms with E-state index < -0.39 is 36.3 Å². The number of carbonyl (C=O) groups excluding carboxylic acids is 5. The van der Waals surface area contributed by atoms with E-state index in [1.807, 2.05) is 0 Å². The Balaban J connectivity index is 2.25. The molecule has 8 N–H and O–H groups in total. The summed E-state index contributed by atoms with van der Waals surface area (Å²) >= 11 is 0. The lowest BCUT2D eigenvalue weighted by atomic mass is 9.93. The molecule has 1 heterocycles. The topological polar surface area (TPSA) is 207 Å². The fourth-order valence-corrected chi connectivity index (χ4v) is 4.69. The number of Topliss-reactive ketones (excluding diaryl/α,β-unsaturated/α-hetero) is 1. The summed E-state index contributed by atoms with van der Waals surface area (Å²) in [7, 11) is 3.11. The van der Waals surface area contributed by atoms with E-state index >= 15 is 0 Å². The van der Waals surface area contributed by atoms with Gasteiger partial charge in [-0.3, -0.25) is 24.0 Å². The highest BCUT2D eigenvalue weighted by molar-refractivity contribution is 5.94. The fourth-order valence-electron chi connectivity index (χ4n) is 4.69. The van der Waals surface area contributed by atoms with Crippen molar-refractivity contribution in [3.8, 4) is 22.6 Å². The second kappa shape index (κ2) is 16.4. The van der Waals surface area contributed by atoms with Crippen LogP contribution in [0.1, 0.15) is 24.1 Å². The van der Waals surface area contributed by atoms with E-state index in [4.69, 9.17) is 20.9 Å². The Kier molecular flexibility index (Phi) is 12.6. The van der Waals surface area contributed by atoms with Crippen LogP contribution in [0.3, 0.4) is 0 Å². The van der Waals surface area contributed by atoms with Crippen molar-refractivity contribution >= 4 is 29.4 Å². The Morgan fingerprint density at radius 2 is 1.61 bits per heavy atom. The first-order valence-electron chi connectivity index (χ1n) is 14.3. The number of nitrogens with one attached hydrogen (secondary N) is 4. The van der Waals surface area contributed by atoms with E-state index in [1.54, 1.807) is 43.4 Å². The number of fused-ring (bicyclic) bond motifs is 5. The molecule has 0 aliphatic carbocycles. The first-order chi connectivity index (χ1) is 21.1. The van der Waals surface area contributed by atoms with E-state index in [1.165, 1.54) is 18.9 Å². The molecule has 44 heavy (non-hydrogen) atoms. The van der Waals surface area contributed by atoms with Crippen LogP contribution in [0.5, 0.6) is 11.5 Å². The van der Waals surface area contributed by atoms with Gasteiger partial charge >= 0.3 is 0 Å². The lowest BCUT2D eigenvalue weighted by Crippen LogP contribution is -2.52. The molecular formula is C30H41N7O7. The fraction of sp³-hybridized carbons (Fsp3) is 0.433. The molecule has 3 rings (SSSR count). The van der Waals surface area contributed by atoms with Gasteiger partial charge < -0.3 is 47.1 Å². The molecule has 0 fully saturated rings. The van der Waals surface area contributed by atoms with E-state index in [0.29, 0.717) is 33.8 Å². The molecule has 0 spiro atoms. The maximum absolute atomic E-state index is 13.6. The van der Waals surface area contributed by atoms with Crippen LogP contribution in [-0.2, 0) is 30.4 Å². The summed E-state index contributed by atoms with van der Waals surface area (Å²) < 4.78 is 11.9. The van der Waals surface area contributed by atoms with Crippen LogP contribution in [0.2, 0.25) is 0 Å². The summed E-state index contributed by atoms with van der Waals surface area (Å²) in [6.45, 7) is 1.57. The molecule has 2 aromatic rings. The molecule has 1 aliphatic rings. The Hall–Kier alpha value is -4.53. The maximum Gasteiger partial charge on any atom is 0.247 e. The van der Waals surface area contributed by atoms with Crippen molar-refractivity contribution in [2.24, 2.45) is 11.5 Å². The zero-order valence-corrected chi connectivity index (χ0v) is 25.2. The minimum Gasteiger partial charge on any atom is -0.492 e. The van der Waals surface area contributed by atoms with Crippen LogP contribution in [-0.4, -0.2) is 100 Å². The van der Waals surface area contributed by atoms with Gasteiger partial charge in [0.2, 0.25) is 23.6 Å². The van der Waals surface area contributed by atoms with Gasteiger partial charge in [0.15, 0.2) is 0 Å². The molecule has 4 amide bonds. The highest BCUT2D eigenvalue weighted by Gasteiger charge is 2.31. The van der Waals surface area contributed by atoms with Crippen LogP contribution in [0.15, 0.2) is 36.4 Å². The van der Waals surface area contributed by atoms with Gasteiger partial charge in [0, 0.05) is 37.7 Å². The average Bonchev–Trinajstić information content (AvgIpc) is 3.00. The van der Waals surface area contributed by atoms with Crippen LogP contribution < -0.4 is 42.2 Å². The van der Waals surface area contributed by atoms with Crippen molar-refractivity contribution in [3.63, 3.8) is 0 Å². The summed E-state index contributed by atoms with van der Waals surface area (Å²) in [5, 5.41) is 10.6. The minimum absolute atomic E-state index is 0.0263. The third-order valence-corrected chi connectivity index (χ3v) is 6.79. The number of ether oxygens (including phenoxy) is 2. The van der Waals surface area contributed by atoms with Gasteiger partial charge in [0.05, 0.1) is 19.6 Å². The van der Waals surface area contributed by atoms with Crippen LogP contribution in [0.4, 0.5) is 0 Å². The Morgan fingerprint density at radius 1 is 0.977 bits per heavy atom. The predicted molar refractivity (Wildman–Crippen MR) is 163 cm³/mol. The minimum atomic E-state index is -1.12. The normalized spacial score (nSPS) is 16.6. The number of nitrogens with zero attached hydrogens (tertiary/aromatic N) is 1. The second-order valence-electron chi connectivity index (χ2n) is 10.3. The number of hydrogen-bond acceptors (Lipinski definition) is 10. The Morgan fingerprint density at radius 3 is 2.23 bits per heavy atom. The number of ketones is 1. The molecule has 2 atom stereocenters.